The topological polar surface area (TPSA) is 29.3 Å². The molecule has 0 aliphatic carbocycles. The van der Waals surface area contributed by atoms with Crippen LogP contribution in [0.4, 0.5) is 0 Å². The summed E-state index contributed by atoms with van der Waals surface area (Å²) in [6.45, 7) is 6.37. The van der Waals surface area contributed by atoms with Crippen LogP contribution in [-0.4, -0.2) is 22.6 Å². The molecule has 14 heavy (non-hydrogen) atoms. The van der Waals surface area contributed by atoms with Crippen molar-refractivity contribution in [2.45, 2.75) is 45.7 Å². The second-order valence-electron chi connectivity index (χ2n) is 4.25. The molecule has 1 aromatic rings. The Morgan fingerprint density at radius 3 is 3.07 bits per heavy atom. The molecule has 0 N–H and O–H groups in total. The second-order valence-corrected chi connectivity index (χ2v) is 4.25. The van der Waals surface area contributed by atoms with E-state index >= 15 is 0 Å². The zero-order valence-electron chi connectivity index (χ0n) is 8.99. The molecule has 78 valence electrons. The third-order valence-corrected chi connectivity index (χ3v) is 2.98. The van der Waals surface area contributed by atoms with E-state index in [0.29, 0.717) is 6.04 Å². The molecule has 1 aromatic heterocycles. The maximum Gasteiger partial charge on any atom is 0.150 e. The van der Waals surface area contributed by atoms with Crippen LogP contribution in [0.2, 0.25) is 0 Å². The molecule has 2 rings (SSSR count). The molecule has 1 aliphatic rings. The molecular weight excluding hydrogens is 176 g/mol. The largest absolute Gasteiger partial charge is 0.360 e. The number of hydrogen-bond donors (Lipinski definition) is 0. The number of aromatic nitrogens is 1. The van der Waals surface area contributed by atoms with E-state index in [0.717, 1.165) is 18.0 Å². The summed E-state index contributed by atoms with van der Waals surface area (Å²) in [7, 11) is 0. The van der Waals surface area contributed by atoms with Crippen LogP contribution in [-0.2, 0) is 6.54 Å². The smallest absolute Gasteiger partial charge is 0.150 e. The number of likely N-dealkylation sites (tertiary alicyclic amines) is 1. The van der Waals surface area contributed by atoms with E-state index in [1.54, 1.807) is 0 Å². The first-order valence-electron chi connectivity index (χ1n) is 5.42. The first kappa shape index (κ1) is 9.71. The molecule has 0 spiro atoms. The lowest BCUT2D eigenvalue weighted by Gasteiger charge is -2.32. The van der Waals surface area contributed by atoms with E-state index in [1.165, 1.54) is 25.8 Å². The average Bonchev–Trinajstić information content (AvgIpc) is 2.56. The Hall–Kier alpha value is -0.830. The maximum atomic E-state index is 5.22. The van der Waals surface area contributed by atoms with Crippen molar-refractivity contribution in [2.75, 3.05) is 6.54 Å². The van der Waals surface area contributed by atoms with Crippen LogP contribution in [0, 0.1) is 6.92 Å². The summed E-state index contributed by atoms with van der Waals surface area (Å²) in [4.78, 5) is 2.48. The zero-order valence-corrected chi connectivity index (χ0v) is 8.99. The quantitative estimate of drug-likeness (QED) is 0.723. The Kier molecular flexibility index (Phi) is 2.87. The van der Waals surface area contributed by atoms with Crippen LogP contribution < -0.4 is 0 Å². The number of rotatable bonds is 2. The molecular formula is C11H18N2O. The van der Waals surface area contributed by atoms with Crippen molar-refractivity contribution in [3.8, 4) is 0 Å². The number of piperidine rings is 1. The summed E-state index contributed by atoms with van der Waals surface area (Å²) >= 11 is 0. The van der Waals surface area contributed by atoms with E-state index in [2.05, 4.69) is 17.0 Å². The Morgan fingerprint density at radius 1 is 1.57 bits per heavy atom. The van der Waals surface area contributed by atoms with Crippen LogP contribution in [0.15, 0.2) is 10.6 Å². The van der Waals surface area contributed by atoms with Gasteiger partial charge in [-0.05, 0) is 33.2 Å². The van der Waals surface area contributed by atoms with Gasteiger partial charge in [0.15, 0.2) is 5.76 Å². The SMILES string of the molecule is Cc1cc(CN2CCCCC2C)on1. The third-order valence-electron chi connectivity index (χ3n) is 2.98. The van der Waals surface area contributed by atoms with Gasteiger partial charge < -0.3 is 4.52 Å². The fraction of sp³-hybridized carbons (Fsp3) is 0.727. The highest BCUT2D eigenvalue weighted by atomic mass is 16.5. The fourth-order valence-electron chi connectivity index (χ4n) is 2.08. The van der Waals surface area contributed by atoms with Gasteiger partial charge in [-0.2, -0.15) is 0 Å². The molecule has 1 unspecified atom stereocenters. The monoisotopic (exact) mass is 194 g/mol. The van der Waals surface area contributed by atoms with Gasteiger partial charge >= 0.3 is 0 Å². The first-order valence-corrected chi connectivity index (χ1v) is 5.42. The number of aryl methyl sites for hydroxylation is 1. The van der Waals surface area contributed by atoms with Gasteiger partial charge in [0.2, 0.25) is 0 Å². The molecule has 3 heteroatoms. The highest BCUT2D eigenvalue weighted by molar-refractivity contribution is 5.03. The summed E-state index contributed by atoms with van der Waals surface area (Å²) in [5, 5.41) is 3.91. The van der Waals surface area contributed by atoms with E-state index in [9.17, 15) is 0 Å². The number of nitrogens with zero attached hydrogens (tertiary/aromatic N) is 2. The zero-order chi connectivity index (χ0) is 9.97. The summed E-state index contributed by atoms with van der Waals surface area (Å²) in [6.07, 6.45) is 4.00. The summed E-state index contributed by atoms with van der Waals surface area (Å²) in [5.74, 6) is 0.997. The van der Waals surface area contributed by atoms with Gasteiger partial charge in [-0.25, -0.2) is 0 Å². The van der Waals surface area contributed by atoms with Crippen molar-refractivity contribution in [3.63, 3.8) is 0 Å². The molecule has 0 amide bonds. The molecule has 0 bridgehead atoms. The molecule has 2 heterocycles. The van der Waals surface area contributed by atoms with Gasteiger partial charge in [-0.3, -0.25) is 4.90 Å². The minimum absolute atomic E-state index is 0.689. The van der Waals surface area contributed by atoms with Crippen molar-refractivity contribution in [3.05, 3.63) is 17.5 Å². The molecule has 1 atom stereocenters. The lowest BCUT2D eigenvalue weighted by Crippen LogP contribution is -2.36. The lowest BCUT2D eigenvalue weighted by atomic mass is 10.0. The number of hydrogen-bond acceptors (Lipinski definition) is 3. The van der Waals surface area contributed by atoms with Crippen LogP contribution in [0.1, 0.15) is 37.6 Å². The Labute approximate surface area is 85.1 Å². The Morgan fingerprint density at radius 2 is 2.43 bits per heavy atom. The molecule has 0 aromatic carbocycles. The standard InChI is InChI=1S/C11H18N2O/c1-9-7-11(14-12-9)8-13-6-4-3-5-10(13)2/h7,10H,3-6,8H2,1-2H3. The van der Waals surface area contributed by atoms with E-state index in [1.807, 2.05) is 13.0 Å². The van der Waals surface area contributed by atoms with Crippen molar-refractivity contribution in [1.82, 2.24) is 10.1 Å². The van der Waals surface area contributed by atoms with Gasteiger partial charge in [0.25, 0.3) is 0 Å². The Bertz CT molecular complexity index is 295. The van der Waals surface area contributed by atoms with Crippen LogP contribution in [0.3, 0.4) is 0 Å². The minimum atomic E-state index is 0.689. The predicted molar refractivity (Wildman–Crippen MR) is 55.0 cm³/mol. The van der Waals surface area contributed by atoms with Crippen molar-refractivity contribution in [2.24, 2.45) is 0 Å². The molecule has 3 nitrogen and oxygen atoms in total. The van der Waals surface area contributed by atoms with E-state index in [-0.39, 0.29) is 0 Å². The van der Waals surface area contributed by atoms with Crippen molar-refractivity contribution >= 4 is 0 Å². The molecule has 1 fully saturated rings. The van der Waals surface area contributed by atoms with Gasteiger partial charge in [-0.1, -0.05) is 11.6 Å². The molecule has 1 saturated heterocycles. The third kappa shape index (κ3) is 2.15. The van der Waals surface area contributed by atoms with Crippen LogP contribution in [0.5, 0.6) is 0 Å². The lowest BCUT2D eigenvalue weighted by molar-refractivity contribution is 0.137. The summed E-state index contributed by atoms with van der Waals surface area (Å²) < 4.78 is 5.22. The Balaban J connectivity index is 1.95. The van der Waals surface area contributed by atoms with Crippen LogP contribution >= 0.6 is 0 Å². The summed E-state index contributed by atoms with van der Waals surface area (Å²) in [6, 6.07) is 2.72. The van der Waals surface area contributed by atoms with Crippen molar-refractivity contribution < 1.29 is 4.52 Å². The van der Waals surface area contributed by atoms with E-state index < -0.39 is 0 Å². The summed E-state index contributed by atoms with van der Waals surface area (Å²) in [5.41, 5.74) is 0.977. The van der Waals surface area contributed by atoms with Gasteiger partial charge in [0.1, 0.15) is 0 Å². The predicted octanol–water partition coefficient (Wildman–Crippen LogP) is 2.36. The van der Waals surface area contributed by atoms with Crippen molar-refractivity contribution in [1.29, 1.82) is 0 Å². The van der Waals surface area contributed by atoms with Gasteiger partial charge in [0.05, 0.1) is 12.2 Å². The average molecular weight is 194 g/mol. The highest BCUT2D eigenvalue weighted by Crippen LogP contribution is 2.19. The highest BCUT2D eigenvalue weighted by Gasteiger charge is 2.19. The fourth-order valence-corrected chi connectivity index (χ4v) is 2.08. The molecule has 0 saturated carbocycles. The van der Waals surface area contributed by atoms with Gasteiger partial charge in [-0.15, -0.1) is 0 Å². The maximum absolute atomic E-state index is 5.22. The van der Waals surface area contributed by atoms with Crippen LogP contribution in [0.25, 0.3) is 0 Å². The molecule has 0 radical (unpaired) electrons. The second kappa shape index (κ2) is 4.13. The van der Waals surface area contributed by atoms with Gasteiger partial charge in [0, 0.05) is 12.1 Å². The van der Waals surface area contributed by atoms with E-state index in [4.69, 9.17) is 4.52 Å². The minimum Gasteiger partial charge on any atom is -0.360 e. The first-order chi connectivity index (χ1) is 6.75. The normalized spacial score (nSPS) is 24.0. The molecule has 1 aliphatic heterocycles.